The minimum atomic E-state index is -0.803. The molecule has 0 aromatic heterocycles. The average molecular weight is 514 g/mol. The number of para-hydroxylation sites is 2. The number of hydrogen-bond acceptors (Lipinski definition) is 11. The Bertz CT molecular complexity index is 797. The molecule has 0 bridgehead atoms. The Hall–Kier alpha value is -2.19. The van der Waals surface area contributed by atoms with E-state index >= 15 is 0 Å². The summed E-state index contributed by atoms with van der Waals surface area (Å²) in [6, 6.07) is 7.42. The van der Waals surface area contributed by atoms with Crippen LogP contribution in [0.3, 0.4) is 0 Å². The van der Waals surface area contributed by atoms with Gasteiger partial charge in [0.1, 0.15) is 31.5 Å². The summed E-state index contributed by atoms with van der Waals surface area (Å²) < 4.78 is 52.5. The number of methoxy groups -OCH3 is 1. The van der Waals surface area contributed by atoms with E-state index in [1.807, 2.05) is 24.3 Å². The van der Waals surface area contributed by atoms with Crippen LogP contribution in [0.15, 0.2) is 29.4 Å². The van der Waals surface area contributed by atoms with Crippen molar-refractivity contribution in [3.8, 4) is 11.5 Å². The fraction of sp³-hybridized carbons (Fsp3) is 0.739. The van der Waals surface area contributed by atoms with Crippen LogP contribution in [0.1, 0.15) is 0 Å². The molecule has 3 rings (SSSR count). The maximum absolute atomic E-state index is 9.31. The van der Waals surface area contributed by atoms with Crippen molar-refractivity contribution in [3.05, 3.63) is 34.7 Å². The van der Waals surface area contributed by atoms with Gasteiger partial charge in [0.05, 0.1) is 65.5 Å². The van der Waals surface area contributed by atoms with Gasteiger partial charge in [-0.2, -0.15) is 0 Å². The van der Waals surface area contributed by atoms with Gasteiger partial charge in [0.25, 0.3) is 0 Å². The van der Waals surface area contributed by atoms with Crippen molar-refractivity contribution in [2.45, 2.75) is 30.7 Å². The molecular formula is C23H35N3O10. The molecule has 2 aliphatic heterocycles. The monoisotopic (exact) mass is 513 g/mol. The fourth-order valence-corrected chi connectivity index (χ4v) is 3.89. The normalized spacial score (nSPS) is 28.7. The number of aliphatic hydroxyl groups is 1. The van der Waals surface area contributed by atoms with Gasteiger partial charge in [0.15, 0.2) is 17.8 Å². The number of azide groups is 1. The van der Waals surface area contributed by atoms with Crippen molar-refractivity contribution in [2.75, 3.05) is 79.7 Å². The summed E-state index contributed by atoms with van der Waals surface area (Å²) in [5.41, 5.74) is 8.79. The molecule has 0 saturated carbocycles. The zero-order valence-electron chi connectivity index (χ0n) is 20.4. The molecule has 0 aliphatic carbocycles. The van der Waals surface area contributed by atoms with Crippen molar-refractivity contribution in [1.29, 1.82) is 0 Å². The Morgan fingerprint density at radius 3 is 2.14 bits per heavy atom. The molecule has 36 heavy (non-hydrogen) atoms. The number of hydrogen-bond donors (Lipinski definition) is 1. The van der Waals surface area contributed by atoms with Gasteiger partial charge in [-0.25, -0.2) is 0 Å². The van der Waals surface area contributed by atoms with Gasteiger partial charge in [0.2, 0.25) is 0 Å². The lowest BCUT2D eigenvalue weighted by atomic mass is 9.98. The van der Waals surface area contributed by atoms with E-state index in [0.717, 1.165) is 0 Å². The molecule has 13 nitrogen and oxygen atoms in total. The van der Waals surface area contributed by atoms with Gasteiger partial charge in [-0.1, -0.05) is 17.2 Å². The Labute approximate surface area is 210 Å². The summed E-state index contributed by atoms with van der Waals surface area (Å²) in [6.45, 7) is 2.28. The molecule has 0 unspecified atom stereocenters. The smallest absolute Gasteiger partial charge is 0.186 e. The van der Waals surface area contributed by atoms with E-state index < -0.39 is 30.7 Å². The van der Waals surface area contributed by atoms with E-state index in [2.05, 4.69) is 10.0 Å². The van der Waals surface area contributed by atoms with Crippen LogP contribution in [-0.2, 0) is 33.2 Å². The Kier molecular flexibility index (Phi) is 13.0. The number of fused-ring (bicyclic) bond motifs is 2. The number of nitrogens with zero attached hydrogens (tertiary/aromatic N) is 3. The quantitative estimate of drug-likeness (QED) is 0.335. The largest absolute Gasteiger partial charge is 0.487 e. The summed E-state index contributed by atoms with van der Waals surface area (Å²) in [6.07, 6.45) is -3.47. The van der Waals surface area contributed by atoms with E-state index in [0.29, 0.717) is 51.1 Å². The van der Waals surface area contributed by atoms with Crippen molar-refractivity contribution >= 4 is 0 Å². The highest BCUT2D eigenvalue weighted by Crippen LogP contribution is 2.29. The second-order valence-corrected chi connectivity index (χ2v) is 7.79. The van der Waals surface area contributed by atoms with E-state index in [1.165, 1.54) is 7.11 Å². The minimum Gasteiger partial charge on any atom is -0.487 e. The molecule has 1 N–H and O–H groups in total. The standard InChI is InChI=1S/C23H35N3O10/c1-28-23-22-21(20(33-7-6-27)19(36-23)16-25-26-24)34-14-10-29-8-12-31-17-4-2-3-5-18(17)32-13-9-30-11-15-35-22/h2-5,19-23,27H,6-16H2,1H3/t19-,20-,21+,22-,23+/m1/s1. The Morgan fingerprint density at radius 1 is 0.944 bits per heavy atom. The van der Waals surface area contributed by atoms with Crippen LogP contribution in [0.4, 0.5) is 0 Å². The van der Waals surface area contributed by atoms with E-state index in [1.54, 1.807) is 0 Å². The lowest BCUT2D eigenvalue weighted by Gasteiger charge is -2.45. The molecule has 0 spiro atoms. The Morgan fingerprint density at radius 2 is 1.56 bits per heavy atom. The first-order valence-corrected chi connectivity index (χ1v) is 11.9. The highest BCUT2D eigenvalue weighted by atomic mass is 16.7. The topological polar surface area (TPSA) is 152 Å². The molecule has 2 heterocycles. The lowest BCUT2D eigenvalue weighted by molar-refractivity contribution is -0.312. The van der Waals surface area contributed by atoms with Crippen molar-refractivity contribution in [3.63, 3.8) is 0 Å². The molecule has 5 atom stereocenters. The summed E-state index contributed by atoms with van der Waals surface area (Å²) in [5, 5.41) is 12.9. The molecule has 13 heteroatoms. The summed E-state index contributed by atoms with van der Waals surface area (Å²) in [7, 11) is 1.49. The van der Waals surface area contributed by atoms with Crippen LogP contribution in [0.2, 0.25) is 0 Å². The molecule has 0 amide bonds. The van der Waals surface area contributed by atoms with E-state index in [9.17, 15) is 5.11 Å². The van der Waals surface area contributed by atoms with Crippen LogP contribution in [0, 0.1) is 0 Å². The molecular weight excluding hydrogens is 478 g/mol. The van der Waals surface area contributed by atoms with Crippen LogP contribution >= 0.6 is 0 Å². The highest BCUT2D eigenvalue weighted by molar-refractivity contribution is 5.39. The van der Waals surface area contributed by atoms with E-state index in [4.69, 9.17) is 48.2 Å². The average Bonchev–Trinajstić information content (AvgIpc) is 2.90. The van der Waals surface area contributed by atoms with Crippen LogP contribution in [0.25, 0.3) is 10.4 Å². The molecule has 1 aromatic carbocycles. The SMILES string of the molecule is CO[C@H]1O[C@H](CN=[N+]=[N-])[C@@H](OCCO)[C@@H]2OCCOCCOc3ccccc3OCCOCCO[C@@H]12. The second kappa shape index (κ2) is 16.5. The first kappa shape index (κ1) is 28.4. The van der Waals surface area contributed by atoms with Gasteiger partial charge in [0, 0.05) is 12.0 Å². The number of benzene rings is 1. The zero-order valence-corrected chi connectivity index (χ0v) is 20.4. The first-order chi connectivity index (χ1) is 17.8. The predicted molar refractivity (Wildman–Crippen MR) is 125 cm³/mol. The Balaban J connectivity index is 1.69. The molecule has 2 aliphatic rings. The summed E-state index contributed by atoms with van der Waals surface area (Å²) in [5.74, 6) is 1.27. The van der Waals surface area contributed by atoms with Crippen molar-refractivity contribution in [1.82, 2.24) is 0 Å². The summed E-state index contributed by atoms with van der Waals surface area (Å²) >= 11 is 0. The number of ether oxygens (including phenoxy) is 9. The van der Waals surface area contributed by atoms with Crippen LogP contribution < -0.4 is 9.47 Å². The molecule has 202 valence electrons. The predicted octanol–water partition coefficient (Wildman–Crippen LogP) is 1.32. The van der Waals surface area contributed by atoms with Crippen LogP contribution in [-0.4, -0.2) is 116 Å². The highest BCUT2D eigenvalue weighted by Gasteiger charge is 2.48. The molecule has 1 aromatic rings. The second-order valence-electron chi connectivity index (χ2n) is 7.79. The minimum absolute atomic E-state index is 0.00252. The maximum Gasteiger partial charge on any atom is 0.186 e. The third-order valence-electron chi connectivity index (χ3n) is 5.45. The van der Waals surface area contributed by atoms with Gasteiger partial charge >= 0.3 is 0 Å². The zero-order chi connectivity index (χ0) is 25.4. The van der Waals surface area contributed by atoms with Gasteiger partial charge < -0.3 is 47.7 Å². The first-order valence-electron chi connectivity index (χ1n) is 11.9. The third kappa shape index (κ3) is 8.73. The van der Waals surface area contributed by atoms with Crippen LogP contribution in [0.5, 0.6) is 11.5 Å². The van der Waals surface area contributed by atoms with Crippen molar-refractivity contribution < 1.29 is 47.7 Å². The van der Waals surface area contributed by atoms with Gasteiger partial charge in [-0.3, -0.25) is 0 Å². The molecule has 1 fully saturated rings. The fourth-order valence-electron chi connectivity index (χ4n) is 3.89. The summed E-state index contributed by atoms with van der Waals surface area (Å²) in [4.78, 5) is 2.82. The third-order valence-corrected chi connectivity index (χ3v) is 5.45. The van der Waals surface area contributed by atoms with E-state index in [-0.39, 0.29) is 33.0 Å². The lowest BCUT2D eigenvalue weighted by Crippen LogP contribution is -2.61. The number of aliphatic hydroxyl groups excluding tert-OH is 1. The molecule has 1 saturated heterocycles. The number of rotatable bonds is 6. The van der Waals surface area contributed by atoms with Crippen molar-refractivity contribution in [2.24, 2.45) is 5.11 Å². The van der Waals surface area contributed by atoms with Gasteiger partial charge in [-0.05, 0) is 17.7 Å². The van der Waals surface area contributed by atoms with Gasteiger partial charge in [-0.15, -0.1) is 0 Å². The molecule has 0 radical (unpaired) electrons. The maximum atomic E-state index is 9.31.